The Hall–Kier alpha value is -3.13. The maximum atomic E-state index is 12.8. The number of hydrogen-bond acceptors (Lipinski definition) is 5. The summed E-state index contributed by atoms with van der Waals surface area (Å²) in [6, 6.07) is 7.90. The van der Waals surface area contributed by atoms with Crippen LogP contribution in [0.2, 0.25) is 0 Å². The van der Waals surface area contributed by atoms with E-state index in [1.54, 1.807) is 17.4 Å². The van der Waals surface area contributed by atoms with Gasteiger partial charge >= 0.3 is 12.1 Å². The number of aryl methyl sites for hydroxylation is 1. The molecule has 1 amide bonds. The number of carbonyl (C=O) groups is 2. The average Bonchev–Trinajstić information content (AvgIpc) is 3.50. The molecule has 1 unspecified atom stereocenters. The van der Waals surface area contributed by atoms with E-state index in [1.807, 2.05) is 37.5 Å². The van der Waals surface area contributed by atoms with Crippen molar-refractivity contribution in [2.45, 2.75) is 70.6 Å². The maximum absolute atomic E-state index is 12.8. The summed E-state index contributed by atoms with van der Waals surface area (Å²) in [4.78, 5) is 39.1. The number of carboxylic acids is 1. The zero-order chi connectivity index (χ0) is 24.2. The van der Waals surface area contributed by atoms with Gasteiger partial charge in [0.15, 0.2) is 0 Å². The van der Waals surface area contributed by atoms with Crippen LogP contribution >= 0.6 is 11.3 Å². The topological polar surface area (TPSA) is 97.6 Å². The lowest BCUT2D eigenvalue weighted by Gasteiger charge is -2.26. The molecule has 2 heterocycles. The number of alkyl carbamates (subject to hydrolysis) is 1. The molecule has 2 aliphatic rings. The number of thiophene rings is 1. The van der Waals surface area contributed by atoms with Gasteiger partial charge in [0.05, 0.1) is 11.6 Å². The molecule has 1 saturated carbocycles. The Morgan fingerprint density at radius 1 is 1.18 bits per heavy atom. The highest BCUT2D eigenvalue weighted by atomic mass is 32.1. The van der Waals surface area contributed by atoms with Gasteiger partial charge < -0.3 is 19.7 Å². The molecule has 1 atom stereocenters. The van der Waals surface area contributed by atoms with Crippen molar-refractivity contribution in [3.05, 3.63) is 56.7 Å². The van der Waals surface area contributed by atoms with E-state index in [0.717, 1.165) is 53.6 Å². The van der Waals surface area contributed by atoms with Gasteiger partial charge in [-0.25, -0.2) is 9.59 Å². The summed E-state index contributed by atoms with van der Waals surface area (Å²) >= 11 is 1.71. The monoisotopic (exact) mass is 480 g/mol. The molecule has 178 valence electrons. The van der Waals surface area contributed by atoms with Crippen LogP contribution in [0.15, 0.2) is 35.3 Å². The summed E-state index contributed by atoms with van der Waals surface area (Å²) in [7, 11) is 0. The Labute approximate surface area is 201 Å². The Morgan fingerprint density at radius 3 is 2.62 bits per heavy atom. The van der Waals surface area contributed by atoms with Crippen LogP contribution in [0.4, 0.5) is 4.79 Å². The number of hydrogen-bond donors (Lipinski definition) is 2. The van der Waals surface area contributed by atoms with Gasteiger partial charge in [-0.15, -0.1) is 11.3 Å². The van der Waals surface area contributed by atoms with Crippen LogP contribution in [0.3, 0.4) is 0 Å². The summed E-state index contributed by atoms with van der Waals surface area (Å²) < 4.78 is 7.40. The number of ether oxygens (including phenoxy) is 1. The number of amides is 1. The van der Waals surface area contributed by atoms with Gasteiger partial charge in [-0.1, -0.05) is 6.07 Å². The number of aromatic carboxylic acids is 1. The number of benzene rings is 1. The third-order valence-corrected chi connectivity index (χ3v) is 7.55. The zero-order valence-corrected chi connectivity index (χ0v) is 20.3. The molecule has 0 bridgehead atoms. The lowest BCUT2D eigenvalue weighted by Crippen LogP contribution is -2.35. The van der Waals surface area contributed by atoms with E-state index in [1.165, 1.54) is 11.1 Å². The summed E-state index contributed by atoms with van der Waals surface area (Å²) in [6.07, 6.45) is 5.86. The second kappa shape index (κ2) is 8.27. The van der Waals surface area contributed by atoms with E-state index in [9.17, 15) is 19.5 Å². The molecular weight excluding hydrogens is 452 g/mol. The highest BCUT2D eigenvalue weighted by molar-refractivity contribution is 7.15. The Kier molecular flexibility index (Phi) is 5.51. The van der Waals surface area contributed by atoms with Crippen LogP contribution in [0.1, 0.15) is 79.3 Å². The van der Waals surface area contributed by atoms with Crippen LogP contribution in [-0.2, 0) is 11.2 Å². The Balaban J connectivity index is 1.52. The molecule has 1 fully saturated rings. The first-order valence-electron chi connectivity index (χ1n) is 11.7. The molecular formula is C26H28N2O5S. The molecule has 0 aliphatic heterocycles. The quantitative estimate of drug-likeness (QED) is 0.502. The number of pyridine rings is 1. The highest BCUT2D eigenvalue weighted by Gasteiger charge is 2.29. The molecule has 1 aromatic carbocycles. The van der Waals surface area contributed by atoms with E-state index >= 15 is 0 Å². The van der Waals surface area contributed by atoms with Gasteiger partial charge in [0.2, 0.25) is 5.43 Å². The number of fused-ring (bicyclic) bond motifs is 2. The smallest absolute Gasteiger partial charge is 0.408 e. The second-order valence-corrected chi connectivity index (χ2v) is 11.3. The number of carbonyl (C=O) groups excluding carboxylic acids is 1. The van der Waals surface area contributed by atoms with Crippen molar-refractivity contribution in [3.8, 4) is 10.4 Å². The lowest BCUT2D eigenvalue weighted by atomic mass is 9.93. The Bertz CT molecular complexity index is 1360. The molecule has 0 spiro atoms. The predicted molar refractivity (Wildman–Crippen MR) is 132 cm³/mol. The molecule has 3 aromatic rings. The van der Waals surface area contributed by atoms with Crippen LogP contribution in [0.25, 0.3) is 21.3 Å². The van der Waals surface area contributed by atoms with E-state index in [0.29, 0.717) is 5.39 Å². The fraction of sp³-hybridized carbons (Fsp3) is 0.423. The van der Waals surface area contributed by atoms with Gasteiger partial charge in [-0.2, -0.15) is 0 Å². The number of rotatable bonds is 4. The van der Waals surface area contributed by atoms with Crippen molar-refractivity contribution in [2.75, 3.05) is 0 Å². The summed E-state index contributed by atoms with van der Waals surface area (Å²) in [6.45, 7) is 5.55. The number of nitrogens with one attached hydrogen (secondary N) is 1. The first-order valence-corrected chi connectivity index (χ1v) is 12.5. The van der Waals surface area contributed by atoms with E-state index in [-0.39, 0.29) is 17.6 Å². The van der Waals surface area contributed by atoms with Gasteiger partial charge in [-0.3, -0.25) is 4.79 Å². The van der Waals surface area contributed by atoms with Gasteiger partial charge in [0.1, 0.15) is 11.2 Å². The summed E-state index contributed by atoms with van der Waals surface area (Å²) in [5.74, 6) is -1.19. The number of carboxylic acid groups (broad SMARTS) is 1. The normalized spacial score (nSPS) is 17.9. The maximum Gasteiger partial charge on any atom is 0.408 e. The third-order valence-electron chi connectivity index (χ3n) is 6.29. The van der Waals surface area contributed by atoms with Gasteiger partial charge in [0, 0.05) is 27.4 Å². The molecule has 8 heteroatoms. The third kappa shape index (κ3) is 4.34. The zero-order valence-electron chi connectivity index (χ0n) is 19.5. The molecule has 7 nitrogen and oxygen atoms in total. The standard InChI is InChI=1S/C26H28N2O5S/c1-26(2,3)33-25(32)27-19-5-4-6-21-17(19)12-22(34-21)14-7-10-16-20(11-14)28(15-8-9-15)13-18(23(16)29)24(30)31/h7,10-13,15,19H,4-6,8-9H2,1-3H3,(H,27,32)(H,30,31). The molecule has 2 N–H and O–H groups in total. The first-order chi connectivity index (χ1) is 16.1. The molecule has 0 radical (unpaired) electrons. The lowest BCUT2D eigenvalue weighted by molar-refractivity contribution is 0.0498. The van der Waals surface area contributed by atoms with Gasteiger partial charge in [0.25, 0.3) is 0 Å². The van der Waals surface area contributed by atoms with Gasteiger partial charge in [-0.05, 0) is 82.2 Å². The fourth-order valence-electron chi connectivity index (χ4n) is 4.61. The first kappa shape index (κ1) is 22.7. The van der Waals surface area contributed by atoms with Crippen molar-refractivity contribution in [3.63, 3.8) is 0 Å². The molecule has 2 aliphatic carbocycles. The van der Waals surface area contributed by atoms with Crippen LogP contribution in [-0.4, -0.2) is 27.3 Å². The summed E-state index contributed by atoms with van der Waals surface area (Å²) in [5.41, 5.74) is 1.69. The highest BCUT2D eigenvalue weighted by Crippen LogP contribution is 2.42. The van der Waals surface area contributed by atoms with E-state index in [4.69, 9.17) is 4.74 Å². The molecule has 34 heavy (non-hydrogen) atoms. The van der Waals surface area contributed by atoms with E-state index < -0.39 is 23.1 Å². The van der Waals surface area contributed by atoms with Crippen molar-refractivity contribution in [2.24, 2.45) is 0 Å². The summed E-state index contributed by atoms with van der Waals surface area (Å²) in [5, 5.41) is 12.9. The van der Waals surface area contributed by atoms with Crippen molar-refractivity contribution >= 4 is 34.3 Å². The molecule has 2 aromatic heterocycles. The fourth-order valence-corrected chi connectivity index (χ4v) is 5.87. The minimum Gasteiger partial charge on any atom is -0.477 e. The van der Waals surface area contributed by atoms with Crippen LogP contribution in [0.5, 0.6) is 0 Å². The van der Waals surface area contributed by atoms with E-state index in [2.05, 4.69) is 11.4 Å². The molecule has 0 saturated heterocycles. The van der Waals surface area contributed by atoms with Crippen molar-refractivity contribution < 1.29 is 19.4 Å². The largest absolute Gasteiger partial charge is 0.477 e. The van der Waals surface area contributed by atoms with Crippen LogP contribution in [0, 0.1) is 0 Å². The SMILES string of the molecule is CC(C)(C)OC(=O)NC1CCCc2sc(-c3ccc4c(=O)c(C(=O)O)cn(C5CC5)c4c3)cc21. The van der Waals surface area contributed by atoms with Crippen molar-refractivity contribution in [1.29, 1.82) is 0 Å². The van der Waals surface area contributed by atoms with Crippen LogP contribution < -0.4 is 10.7 Å². The average molecular weight is 481 g/mol. The van der Waals surface area contributed by atoms with Crippen molar-refractivity contribution in [1.82, 2.24) is 9.88 Å². The number of nitrogens with zero attached hydrogens (tertiary/aromatic N) is 1. The Morgan fingerprint density at radius 2 is 1.94 bits per heavy atom. The second-order valence-electron chi connectivity index (χ2n) is 10.1. The predicted octanol–water partition coefficient (Wildman–Crippen LogP) is 5.67. The molecule has 5 rings (SSSR count). The minimum absolute atomic E-state index is 0.0909. The minimum atomic E-state index is -1.19. The number of aromatic nitrogens is 1.